The van der Waals surface area contributed by atoms with Gasteiger partial charge in [0.15, 0.2) is 0 Å². The molecule has 0 saturated heterocycles. The van der Waals surface area contributed by atoms with E-state index in [1.807, 2.05) is 0 Å². The zero-order valence-corrected chi connectivity index (χ0v) is 6.74. The van der Waals surface area contributed by atoms with Crippen LogP contribution in [0.25, 0.3) is 0 Å². The van der Waals surface area contributed by atoms with Crippen LogP contribution in [-0.4, -0.2) is 16.9 Å². The van der Waals surface area contributed by atoms with Crippen molar-refractivity contribution in [3.63, 3.8) is 0 Å². The maximum absolute atomic E-state index is 11.0. The number of aromatic nitrogens is 1. The van der Waals surface area contributed by atoms with Crippen molar-refractivity contribution in [2.45, 2.75) is 13.0 Å². The van der Waals surface area contributed by atoms with Crippen molar-refractivity contribution in [1.82, 2.24) is 4.98 Å². The molecule has 0 aliphatic heterocycles. The molecule has 1 aromatic rings. The molecule has 1 radical (unpaired) electrons. The molecule has 4 nitrogen and oxygen atoms in total. The van der Waals surface area contributed by atoms with Crippen molar-refractivity contribution in [1.29, 1.82) is 0 Å². The first-order valence-electron chi connectivity index (χ1n) is 3.59. The molecular formula is C8H10N3O. The van der Waals surface area contributed by atoms with E-state index in [0.717, 1.165) is 0 Å². The van der Waals surface area contributed by atoms with Gasteiger partial charge in [-0.2, -0.15) is 0 Å². The molecule has 3 N–H and O–H groups in total. The molecule has 0 aliphatic carbocycles. The summed E-state index contributed by atoms with van der Waals surface area (Å²) >= 11 is 0. The average molecular weight is 164 g/mol. The molecule has 0 bridgehead atoms. The van der Waals surface area contributed by atoms with Crippen molar-refractivity contribution in [2.24, 2.45) is 5.73 Å². The Hall–Kier alpha value is -1.42. The van der Waals surface area contributed by atoms with Crippen molar-refractivity contribution >= 4 is 11.6 Å². The lowest BCUT2D eigenvalue weighted by atomic mass is 10.3. The summed E-state index contributed by atoms with van der Waals surface area (Å²) in [7, 11) is 0. The number of rotatable bonds is 2. The molecule has 0 aromatic carbocycles. The van der Waals surface area contributed by atoms with Crippen LogP contribution in [0.4, 0.5) is 5.69 Å². The zero-order chi connectivity index (χ0) is 8.97. The van der Waals surface area contributed by atoms with E-state index >= 15 is 0 Å². The summed E-state index contributed by atoms with van der Waals surface area (Å²) in [6, 6.07) is 2.90. The summed E-state index contributed by atoms with van der Waals surface area (Å²) in [5.74, 6) is -0.237. The molecule has 4 heteroatoms. The normalized spacial score (nSPS) is 12.2. The Balaban J connectivity index is 2.59. The minimum absolute atomic E-state index is 0.237. The van der Waals surface area contributed by atoms with Gasteiger partial charge < -0.3 is 11.1 Å². The van der Waals surface area contributed by atoms with Crippen LogP contribution in [-0.2, 0) is 4.79 Å². The number of nitrogens with one attached hydrogen (secondary N) is 1. The van der Waals surface area contributed by atoms with Crippen LogP contribution >= 0.6 is 0 Å². The number of anilines is 1. The van der Waals surface area contributed by atoms with Gasteiger partial charge >= 0.3 is 0 Å². The molecular weight excluding hydrogens is 154 g/mol. The summed E-state index contributed by atoms with van der Waals surface area (Å²) in [6.07, 6.45) is 4.20. The molecule has 1 heterocycles. The van der Waals surface area contributed by atoms with Gasteiger partial charge in [-0.15, -0.1) is 0 Å². The number of pyridine rings is 1. The van der Waals surface area contributed by atoms with Crippen LogP contribution in [0, 0.1) is 6.20 Å². The Morgan fingerprint density at radius 1 is 1.83 bits per heavy atom. The van der Waals surface area contributed by atoms with Crippen LogP contribution in [0.3, 0.4) is 0 Å². The standard InChI is InChI=1S/C8H10N3O/c1-6(9)8(12)11-7-3-2-4-10-5-7/h2-4,6H,9H2,1H3,(H,11,12). The third-order valence-corrected chi connectivity index (χ3v) is 1.28. The number of carbonyl (C=O) groups is 1. The van der Waals surface area contributed by atoms with Crippen molar-refractivity contribution in [2.75, 3.05) is 5.32 Å². The van der Waals surface area contributed by atoms with E-state index in [9.17, 15) is 4.79 Å². The maximum Gasteiger partial charge on any atom is 0.241 e. The average Bonchev–Trinajstić information content (AvgIpc) is 2.06. The highest BCUT2D eigenvalue weighted by Gasteiger charge is 2.06. The first kappa shape index (κ1) is 8.67. The monoisotopic (exact) mass is 164 g/mol. The minimum Gasteiger partial charge on any atom is -0.323 e. The number of hydrogen-bond acceptors (Lipinski definition) is 3. The fourth-order valence-corrected chi connectivity index (χ4v) is 0.643. The third kappa shape index (κ3) is 2.32. The number of nitrogens with two attached hydrogens (primary N) is 1. The summed E-state index contributed by atoms with van der Waals surface area (Å²) in [4.78, 5) is 14.7. The highest BCUT2D eigenvalue weighted by molar-refractivity contribution is 5.94. The maximum atomic E-state index is 11.0. The molecule has 1 aromatic heterocycles. The molecule has 1 rings (SSSR count). The third-order valence-electron chi connectivity index (χ3n) is 1.28. The minimum atomic E-state index is -0.515. The second-order valence-electron chi connectivity index (χ2n) is 2.44. The predicted octanol–water partition coefficient (Wildman–Crippen LogP) is 0.167. The van der Waals surface area contributed by atoms with Gasteiger partial charge in [-0.05, 0) is 19.1 Å². The molecule has 1 atom stereocenters. The Morgan fingerprint density at radius 2 is 2.58 bits per heavy atom. The summed E-state index contributed by atoms with van der Waals surface area (Å²) < 4.78 is 0. The Morgan fingerprint density at radius 3 is 3.08 bits per heavy atom. The van der Waals surface area contributed by atoms with Gasteiger partial charge in [-0.25, -0.2) is 0 Å². The SMILES string of the molecule is CC(N)C(=O)Nc1[c]nccc1. The van der Waals surface area contributed by atoms with Crippen LogP contribution in [0.5, 0.6) is 0 Å². The second-order valence-corrected chi connectivity index (χ2v) is 2.44. The number of amides is 1. The number of hydrogen-bond donors (Lipinski definition) is 2. The van der Waals surface area contributed by atoms with E-state index in [0.29, 0.717) is 5.69 Å². The predicted molar refractivity (Wildman–Crippen MR) is 45.4 cm³/mol. The van der Waals surface area contributed by atoms with Gasteiger partial charge in [0.2, 0.25) is 5.91 Å². The lowest BCUT2D eigenvalue weighted by molar-refractivity contribution is -0.117. The van der Waals surface area contributed by atoms with E-state index in [1.165, 1.54) is 0 Å². The Kier molecular flexibility index (Phi) is 2.76. The zero-order valence-electron chi connectivity index (χ0n) is 6.74. The molecule has 12 heavy (non-hydrogen) atoms. The topological polar surface area (TPSA) is 68.0 Å². The molecule has 0 aliphatic rings. The lowest BCUT2D eigenvalue weighted by Crippen LogP contribution is -2.32. The number of nitrogens with zero attached hydrogens (tertiary/aromatic N) is 1. The van der Waals surface area contributed by atoms with Crippen LogP contribution in [0.2, 0.25) is 0 Å². The Labute approximate surface area is 70.8 Å². The van der Waals surface area contributed by atoms with Gasteiger partial charge in [0.05, 0.1) is 11.7 Å². The van der Waals surface area contributed by atoms with Gasteiger partial charge in [0.1, 0.15) is 6.20 Å². The molecule has 63 valence electrons. The van der Waals surface area contributed by atoms with Crippen LogP contribution in [0.15, 0.2) is 18.3 Å². The highest BCUT2D eigenvalue weighted by atomic mass is 16.2. The van der Waals surface area contributed by atoms with Gasteiger partial charge in [-0.1, -0.05) is 0 Å². The van der Waals surface area contributed by atoms with Crippen molar-refractivity contribution in [3.8, 4) is 0 Å². The highest BCUT2D eigenvalue weighted by Crippen LogP contribution is 2.01. The van der Waals surface area contributed by atoms with Crippen LogP contribution in [0.1, 0.15) is 6.92 Å². The number of carbonyl (C=O) groups excluding carboxylic acids is 1. The molecule has 0 spiro atoms. The van der Waals surface area contributed by atoms with E-state index in [4.69, 9.17) is 5.73 Å². The fraction of sp³-hybridized carbons (Fsp3) is 0.250. The second kappa shape index (κ2) is 3.82. The summed E-state index contributed by atoms with van der Waals surface area (Å²) in [5, 5.41) is 2.56. The quantitative estimate of drug-likeness (QED) is 0.654. The largest absolute Gasteiger partial charge is 0.323 e. The summed E-state index contributed by atoms with van der Waals surface area (Å²) in [6.45, 7) is 1.62. The first-order chi connectivity index (χ1) is 5.70. The van der Waals surface area contributed by atoms with E-state index in [-0.39, 0.29) is 5.91 Å². The molecule has 0 saturated carbocycles. The fourth-order valence-electron chi connectivity index (χ4n) is 0.643. The van der Waals surface area contributed by atoms with Gasteiger partial charge in [0, 0.05) is 6.20 Å². The Bertz CT molecular complexity index is 258. The van der Waals surface area contributed by atoms with E-state index < -0.39 is 6.04 Å². The van der Waals surface area contributed by atoms with Gasteiger partial charge in [-0.3, -0.25) is 9.78 Å². The molecule has 0 fully saturated rings. The van der Waals surface area contributed by atoms with E-state index in [1.54, 1.807) is 25.3 Å². The lowest BCUT2D eigenvalue weighted by Gasteiger charge is -2.05. The summed E-state index contributed by atoms with van der Waals surface area (Å²) in [5.41, 5.74) is 5.88. The first-order valence-corrected chi connectivity index (χ1v) is 3.59. The smallest absolute Gasteiger partial charge is 0.241 e. The van der Waals surface area contributed by atoms with Crippen molar-refractivity contribution < 1.29 is 4.79 Å². The van der Waals surface area contributed by atoms with E-state index in [2.05, 4.69) is 16.5 Å². The molecule has 1 amide bonds. The molecule has 1 unspecified atom stereocenters. The van der Waals surface area contributed by atoms with Crippen LogP contribution < -0.4 is 11.1 Å². The van der Waals surface area contributed by atoms with Crippen molar-refractivity contribution in [3.05, 3.63) is 24.5 Å². The van der Waals surface area contributed by atoms with Gasteiger partial charge in [0.25, 0.3) is 0 Å².